The van der Waals surface area contributed by atoms with Gasteiger partial charge in [0.15, 0.2) is 6.10 Å². The van der Waals surface area contributed by atoms with Crippen molar-refractivity contribution in [2.75, 3.05) is 20.2 Å². The Morgan fingerprint density at radius 2 is 1.92 bits per heavy atom. The van der Waals surface area contributed by atoms with E-state index in [1.807, 2.05) is 30.6 Å². The summed E-state index contributed by atoms with van der Waals surface area (Å²) in [4.78, 5) is 36.8. The van der Waals surface area contributed by atoms with Crippen molar-refractivity contribution in [3.63, 3.8) is 0 Å². The molecule has 2 amide bonds. The average Bonchev–Trinajstić information content (AvgIpc) is 2.60. The number of rotatable bonds is 4. The number of aryl methyl sites for hydroxylation is 1. The van der Waals surface area contributed by atoms with Gasteiger partial charge < -0.3 is 14.5 Å². The predicted octanol–water partition coefficient (Wildman–Crippen LogP) is 1.27. The average molecular weight is 346 g/mol. The van der Waals surface area contributed by atoms with Gasteiger partial charge in [0.05, 0.1) is 17.9 Å². The Hall–Kier alpha value is -2.02. The molecule has 3 rings (SSSR count). The summed E-state index contributed by atoms with van der Waals surface area (Å²) in [6, 6.07) is 0.292. The van der Waals surface area contributed by atoms with Crippen molar-refractivity contribution in [2.24, 2.45) is 5.92 Å². The molecule has 2 saturated heterocycles. The third-order valence-electron chi connectivity index (χ3n) is 5.25. The van der Waals surface area contributed by atoms with Crippen LogP contribution in [0, 0.1) is 12.8 Å². The van der Waals surface area contributed by atoms with Gasteiger partial charge in [0.1, 0.15) is 5.69 Å². The van der Waals surface area contributed by atoms with Gasteiger partial charge in [-0.15, -0.1) is 0 Å². The van der Waals surface area contributed by atoms with E-state index in [1.54, 1.807) is 13.3 Å². The molecule has 25 heavy (non-hydrogen) atoms. The predicted molar refractivity (Wildman–Crippen MR) is 92.0 cm³/mol. The maximum absolute atomic E-state index is 12.6. The summed E-state index contributed by atoms with van der Waals surface area (Å²) in [5.74, 6) is 0.369. The Kier molecular flexibility index (Phi) is 5.03. The Labute approximate surface area is 148 Å². The highest BCUT2D eigenvalue weighted by molar-refractivity contribution is 5.92. The molecule has 2 atom stereocenters. The highest BCUT2D eigenvalue weighted by atomic mass is 16.5. The van der Waals surface area contributed by atoms with Crippen molar-refractivity contribution in [2.45, 2.75) is 51.8 Å². The molecular weight excluding hydrogens is 320 g/mol. The third kappa shape index (κ3) is 3.25. The van der Waals surface area contributed by atoms with Crippen molar-refractivity contribution in [3.8, 4) is 0 Å². The van der Waals surface area contributed by atoms with E-state index in [0.29, 0.717) is 24.7 Å². The van der Waals surface area contributed by atoms with Crippen molar-refractivity contribution >= 4 is 11.8 Å². The van der Waals surface area contributed by atoms with Gasteiger partial charge in [-0.3, -0.25) is 14.6 Å². The van der Waals surface area contributed by atoms with Gasteiger partial charge >= 0.3 is 0 Å². The minimum Gasteiger partial charge on any atom is -0.369 e. The highest BCUT2D eigenvalue weighted by Crippen LogP contribution is 2.36. The first-order valence-corrected chi connectivity index (χ1v) is 8.87. The van der Waals surface area contributed by atoms with Gasteiger partial charge in [0, 0.05) is 32.4 Å². The topological polar surface area (TPSA) is 75.6 Å². The van der Waals surface area contributed by atoms with Crippen molar-refractivity contribution in [1.29, 1.82) is 0 Å². The van der Waals surface area contributed by atoms with E-state index in [9.17, 15) is 9.59 Å². The fraction of sp³-hybridized carbons (Fsp3) is 0.667. The Balaban J connectivity index is 1.62. The van der Waals surface area contributed by atoms with Crippen LogP contribution in [0.2, 0.25) is 0 Å². The number of ether oxygens (including phenoxy) is 1. The Morgan fingerprint density at radius 1 is 1.24 bits per heavy atom. The van der Waals surface area contributed by atoms with Gasteiger partial charge in [-0.05, 0) is 39.5 Å². The quantitative estimate of drug-likeness (QED) is 0.768. The molecule has 0 radical (unpaired) electrons. The number of hydrogen-bond donors (Lipinski definition) is 0. The minimum atomic E-state index is -0.336. The Morgan fingerprint density at radius 3 is 2.44 bits per heavy atom. The normalized spacial score (nSPS) is 24.6. The summed E-state index contributed by atoms with van der Waals surface area (Å²) in [5, 5.41) is 0. The molecule has 0 N–H and O–H groups in total. The minimum absolute atomic E-state index is 0.0698. The Bertz CT molecular complexity index is 638. The van der Waals surface area contributed by atoms with Gasteiger partial charge in [0.25, 0.3) is 11.8 Å². The van der Waals surface area contributed by atoms with Crippen molar-refractivity contribution in [3.05, 3.63) is 23.8 Å². The molecule has 1 aromatic heterocycles. The van der Waals surface area contributed by atoms with E-state index < -0.39 is 0 Å². The maximum Gasteiger partial charge on any atom is 0.274 e. The van der Waals surface area contributed by atoms with Crippen molar-refractivity contribution < 1.29 is 14.3 Å². The van der Waals surface area contributed by atoms with Crippen LogP contribution in [0.1, 0.15) is 42.9 Å². The number of β-lactam (4-membered cyclic amide) rings is 1. The van der Waals surface area contributed by atoms with Crippen LogP contribution < -0.4 is 0 Å². The molecule has 136 valence electrons. The van der Waals surface area contributed by atoms with E-state index in [0.717, 1.165) is 18.5 Å². The van der Waals surface area contributed by atoms with Crippen LogP contribution in [0.15, 0.2) is 12.4 Å². The second-order valence-electron chi connectivity index (χ2n) is 7.16. The fourth-order valence-electron chi connectivity index (χ4n) is 3.93. The first kappa shape index (κ1) is 17.8. The van der Waals surface area contributed by atoms with Crippen molar-refractivity contribution in [1.82, 2.24) is 19.8 Å². The molecule has 0 saturated carbocycles. The van der Waals surface area contributed by atoms with Gasteiger partial charge in [-0.1, -0.05) is 0 Å². The number of aromatic nitrogens is 2. The van der Waals surface area contributed by atoms with Gasteiger partial charge in [-0.2, -0.15) is 0 Å². The molecule has 2 fully saturated rings. The molecule has 7 nitrogen and oxygen atoms in total. The summed E-state index contributed by atoms with van der Waals surface area (Å²) in [7, 11) is 1.60. The molecule has 2 aliphatic heterocycles. The molecule has 0 bridgehead atoms. The molecule has 1 aromatic rings. The number of likely N-dealkylation sites (tertiary alicyclic amines) is 2. The third-order valence-corrected chi connectivity index (χ3v) is 5.25. The molecule has 0 aliphatic carbocycles. The van der Waals surface area contributed by atoms with Crippen LogP contribution in [0.25, 0.3) is 0 Å². The molecule has 0 spiro atoms. The van der Waals surface area contributed by atoms with Crippen LogP contribution in [-0.2, 0) is 9.53 Å². The molecule has 3 heterocycles. The number of amides is 2. The number of hydrogen-bond acceptors (Lipinski definition) is 5. The summed E-state index contributed by atoms with van der Waals surface area (Å²) in [5.41, 5.74) is 1.19. The number of carbonyl (C=O) groups excluding carboxylic acids is 2. The maximum atomic E-state index is 12.6. The molecule has 2 aliphatic rings. The lowest BCUT2D eigenvalue weighted by Crippen LogP contribution is -2.70. The summed E-state index contributed by atoms with van der Waals surface area (Å²) < 4.78 is 5.41. The summed E-state index contributed by atoms with van der Waals surface area (Å²) in [6.07, 6.45) is 4.55. The smallest absolute Gasteiger partial charge is 0.274 e. The number of carbonyl (C=O) groups is 2. The summed E-state index contributed by atoms with van der Waals surface area (Å²) >= 11 is 0. The van der Waals surface area contributed by atoms with E-state index >= 15 is 0 Å². The molecule has 7 heteroatoms. The van der Waals surface area contributed by atoms with E-state index in [4.69, 9.17) is 4.74 Å². The second-order valence-corrected chi connectivity index (χ2v) is 7.16. The lowest BCUT2D eigenvalue weighted by Gasteiger charge is -2.53. The van der Waals surface area contributed by atoms with Crippen LogP contribution >= 0.6 is 0 Å². The molecule has 0 unspecified atom stereocenters. The number of methoxy groups -OCH3 is 1. The van der Waals surface area contributed by atoms with Crippen LogP contribution in [0.5, 0.6) is 0 Å². The van der Waals surface area contributed by atoms with E-state index in [-0.39, 0.29) is 30.0 Å². The van der Waals surface area contributed by atoms with E-state index in [2.05, 4.69) is 9.97 Å². The monoisotopic (exact) mass is 346 g/mol. The molecular formula is C18H26N4O3. The van der Waals surface area contributed by atoms with Crippen LogP contribution in [0.3, 0.4) is 0 Å². The standard InChI is InChI=1S/C18H26N4O3/c1-11(2)22-15(16(25-4)18(22)24)13-5-7-21(8-6-13)17(23)14-10-19-12(3)9-20-14/h9-11,13,15-16H,5-8H2,1-4H3/t15-,16+/m0/s1. The first-order chi connectivity index (χ1) is 11.9. The lowest BCUT2D eigenvalue weighted by atomic mass is 9.79. The first-order valence-electron chi connectivity index (χ1n) is 8.87. The zero-order valence-electron chi connectivity index (χ0n) is 15.3. The van der Waals surface area contributed by atoms with E-state index in [1.165, 1.54) is 6.20 Å². The van der Waals surface area contributed by atoms with Gasteiger partial charge in [0.2, 0.25) is 0 Å². The fourth-order valence-corrected chi connectivity index (χ4v) is 3.93. The van der Waals surface area contributed by atoms with Gasteiger partial charge in [-0.25, -0.2) is 4.98 Å². The largest absolute Gasteiger partial charge is 0.369 e. The second kappa shape index (κ2) is 7.07. The number of nitrogens with zero attached hydrogens (tertiary/aromatic N) is 4. The highest BCUT2D eigenvalue weighted by Gasteiger charge is 2.52. The van der Waals surface area contributed by atoms with Crippen LogP contribution in [0.4, 0.5) is 0 Å². The molecule has 0 aromatic carbocycles. The zero-order chi connectivity index (χ0) is 18.1. The number of piperidine rings is 1. The zero-order valence-corrected chi connectivity index (χ0v) is 15.3. The van der Waals surface area contributed by atoms with Crippen LogP contribution in [-0.4, -0.2) is 70.0 Å². The lowest BCUT2D eigenvalue weighted by molar-refractivity contribution is -0.181. The SMILES string of the molecule is CO[C@H]1C(=O)N(C(C)C)[C@H]1C1CCN(C(=O)c2cnc(C)cn2)CC1. The summed E-state index contributed by atoms with van der Waals surface area (Å²) in [6.45, 7) is 7.26.